The topological polar surface area (TPSA) is 92.7 Å². The first-order valence-electron chi connectivity index (χ1n) is 7.73. The maximum atomic E-state index is 12.4. The highest BCUT2D eigenvalue weighted by Crippen LogP contribution is 2.16. The molecule has 0 unspecified atom stereocenters. The molecule has 1 aromatic heterocycles. The van der Waals surface area contributed by atoms with Crippen molar-refractivity contribution in [2.75, 3.05) is 5.32 Å². The van der Waals surface area contributed by atoms with Crippen molar-refractivity contribution in [1.29, 1.82) is 0 Å². The zero-order chi connectivity index (χ0) is 17.5. The summed E-state index contributed by atoms with van der Waals surface area (Å²) in [6.07, 6.45) is 4.30. The van der Waals surface area contributed by atoms with E-state index in [2.05, 4.69) is 20.3 Å². The van der Waals surface area contributed by atoms with E-state index in [1.165, 1.54) is 12.7 Å². The van der Waals surface area contributed by atoms with Gasteiger partial charge in [-0.05, 0) is 35.9 Å². The Labute approximate surface area is 145 Å². The third-order valence-corrected chi connectivity index (χ3v) is 3.59. The molecule has 0 bridgehead atoms. The highest BCUT2D eigenvalue weighted by Gasteiger charge is 2.07. The molecule has 0 aliphatic rings. The highest BCUT2D eigenvalue weighted by atomic mass is 16.1. The van der Waals surface area contributed by atoms with Gasteiger partial charge in [-0.15, -0.1) is 0 Å². The van der Waals surface area contributed by atoms with E-state index in [1.807, 2.05) is 42.5 Å². The maximum absolute atomic E-state index is 12.4. The van der Waals surface area contributed by atoms with Gasteiger partial charge in [-0.25, -0.2) is 4.99 Å². The Kier molecular flexibility index (Phi) is 5.11. The molecule has 0 fully saturated rings. The minimum atomic E-state index is -0.171. The molecule has 3 N–H and O–H groups in total. The number of carbonyl (C=O) groups excluding carboxylic acids is 1. The van der Waals surface area contributed by atoms with Crippen LogP contribution in [0.4, 0.5) is 5.69 Å². The smallest absolute Gasteiger partial charge is 0.255 e. The minimum Gasteiger partial charge on any atom is -0.390 e. The number of rotatable bonds is 5. The third-order valence-electron chi connectivity index (χ3n) is 3.59. The van der Waals surface area contributed by atoms with Crippen LogP contribution in [0, 0.1) is 0 Å². The first-order valence-corrected chi connectivity index (χ1v) is 7.73. The lowest BCUT2D eigenvalue weighted by Gasteiger charge is -2.07. The van der Waals surface area contributed by atoms with Gasteiger partial charge >= 0.3 is 0 Å². The van der Waals surface area contributed by atoms with Crippen LogP contribution in [0.1, 0.15) is 15.9 Å². The molecular weight excluding hydrogens is 314 g/mol. The van der Waals surface area contributed by atoms with E-state index in [9.17, 15) is 4.79 Å². The average Bonchev–Trinajstić information content (AvgIpc) is 2.66. The van der Waals surface area contributed by atoms with Crippen molar-refractivity contribution in [2.45, 2.75) is 6.54 Å². The van der Waals surface area contributed by atoms with Crippen LogP contribution in [0.3, 0.4) is 0 Å². The Morgan fingerprint density at radius 1 is 1.16 bits per heavy atom. The molecule has 0 saturated carbocycles. The predicted octanol–water partition coefficient (Wildman–Crippen LogP) is 3.00. The minimum absolute atomic E-state index is 0.171. The van der Waals surface area contributed by atoms with Gasteiger partial charge in [-0.2, -0.15) is 0 Å². The summed E-state index contributed by atoms with van der Waals surface area (Å²) in [5.41, 5.74) is 8.22. The van der Waals surface area contributed by atoms with Crippen LogP contribution in [0.5, 0.6) is 0 Å². The predicted molar refractivity (Wildman–Crippen MR) is 101 cm³/mol. The first-order chi connectivity index (χ1) is 12.3. The summed E-state index contributed by atoms with van der Waals surface area (Å²) in [6.45, 7) is 0.502. The number of hydrogen-bond donors (Lipinski definition) is 2. The molecule has 25 heavy (non-hydrogen) atoms. The fourth-order valence-electron chi connectivity index (χ4n) is 2.34. The number of pyridine rings is 1. The molecule has 0 atom stereocenters. The second-order valence-electron chi connectivity index (χ2n) is 5.32. The quantitative estimate of drug-likeness (QED) is 0.556. The largest absolute Gasteiger partial charge is 0.390 e. The molecule has 6 heteroatoms. The highest BCUT2D eigenvalue weighted by molar-refractivity contribution is 6.06. The number of aliphatic imine (C=N–C) groups is 2. The van der Waals surface area contributed by atoms with Crippen LogP contribution in [-0.2, 0) is 6.54 Å². The summed E-state index contributed by atoms with van der Waals surface area (Å²) in [4.78, 5) is 24.5. The van der Waals surface area contributed by atoms with E-state index < -0.39 is 0 Å². The van der Waals surface area contributed by atoms with Crippen molar-refractivity contribution >= 4 is 35.2 Å². The van der Waals surface area contributed by atoms with Crippen LogP contribution in [-0.4, -0.2) is 23.6 Å². The van der Waals surface area contributed by atoms with Gasteiger partial charge in [0.25, 0.3) is 5.91 Å². The maximum Gasteiger partial charge on any atom is 0.255 e. The number of nitrogens with two attached hydrogens (primary N) is 1. The molecule has 1 amide bonds. The standard InChI is InChI=1S/C19H17N5O/c20-12-22-13-21-11-14-3-7-17(8-4-14)24-19(25)16-6-5-15-2-1-9-23-18(15)10-16/h1-10,12-13H,11H2,(H,24,25)(H2,20,21,22). The normalized spacial score (nSPS) is 11.4. The number of carbonyl (C=O) groups is 1. The van der Waals surface area contributed by atoms with Crippen molar-refractivity contribution in [1.82, 2.24) is 4.98 Å². The van der Waals surface area contributed by atoms with Gasteiger partial charge in [0.2, 0.25) is 0 Å². The van der Waals surface area contributed by atoms with Crippen LogP contribution < -0.4 is 11.1 Å². The van der Waals surface area contributed by atoms with Gasteiger partial charge in [0.15, 0.2) is 0 Å². The van der Waals surface area contributed by atoms with Gasteiger partial charge in [0, 0.05) is 22.8 Å². The summed E-state index contributed by atoms with van der Waals surface area (Å²) in [5.74, 6) is -0.171. The lowest BCUT2D eigenvalue weighted by molar-refractivity contribution is 0.102. The second kappa shape index (κ2) is 7.83. The van der Waals surface area contributed by atoms with Gasteiger partial charge in [-0.3, -0.25) is 14.8 Å². The van der Waals surface area contributed by atoms with E-state index in [-0.39, 0.29) is 5.91 Å². The summed E-state index contributed by atoms with van der Waals surface area (Å²) < 4.78 is 0. The van der Waals surface area contributed by atoms with Gasteiger partial charge in [0.1, 0.15) is 6.34 Å². The van der Waals surface area contributed by atoms with E-state index in [0.29, 0.717) is 12.1 Å². The zero-order valence-corrected chi connectivity index (χ0v) is 13.5. The SMILES string of the molecule is NC=NC=NCc1ccc(NC(=O)c2ccc3cccnc3c2)cc1. The van der Waals surface area contributed by atoms with Gasteiger partial charge in [0.05, 0.1) is 18.4 Å². The molecule has 124 valence electrons. The average molecular weight is 331 g/mol. The Hall–Kier alpha value is -3.54. The summed E-state index contributed by atoms with van der Waals surface area (Å²) >= 11 is 0. The van der Waals surface area contributed by atoms with Crippen molar-refractivity contribution in [3.8, 4) is 0 Å². The van der Waals surface area contributed by atoms with E-state index in [4.69, 9.17) is 5.73 Å². The molecule has 3 aromatic rings. The monoisotopic (exact) mass is 331 g/mol. The molecule has 2 aromatic carbocycles. The third kappa shape index (κ3) is 4.26. The van der Waals surface area contributed by atoms with Gasteiger partial charge in [-0.1, -0.05) is 24.3 Å². The summed E-state index contributed by atoms with van der Waals surface area (Å²) in [7, 11) is 0. The Morgan fingerprint density at radius 3 is 2.80 bits per heavy atom. The lowest BCUT2D eigenvalue weighted by Crippen LogP contribution is -2.11. The Balaban J connectivity index is 1.67. The Morgan fingerprint density at radius 2 is 2.00 bits per heavy atom. The van der Waals surface area contributed by atoms with E-state index >= 15 is 0 Å². The van der Waals surface area contributed by atoms with E-state index in [0.717, 1.165) is 22.2 Å². The molecular formula is C19H17N5O. The molecule has 0 aliphatic carbocycles. The van der Waals surface area contributed by atoms with E-state index in [1.54, 1.807) is 18.3 Å². The summed E-state index contributed by atoms with van der Waals surface area (Å²) in [5, 5.41) is 3.88. The number of hydrogen-bond acceptors (Lipinski definition) is 3. The number of nitrogens with one attached hydrogen (secondary N) is 1. The molecule has 1 heterocycles. The molecule has 0 saturated heterocycles. The molecule has 0 radical (unpaired) electrons. The van der Waals surface area contributed by atoms with Crippen molar-refractivity contribution < 1.29 is 4.79 Å². The van der Waals surface area contributed by atoms with Crippen LogP contribution in [0.2, 0.25) is 0 Å². The zero-order valence-electron chi connectivity index (χ0n) is 13.5. The van der Waals surface area contributed by atoms with Gasteiger partial charge < -0.3 is 11.1 Å². The summed E-state index contributed by atoms with van der Waals surface area (Å²) in [6, 6.07) is 16.8. The number of aromatic nitrogens is 1. The van der Waals surface area contributed by atoms with Crippen LogP contribution in [0.25, 0.3) is 10.9 Å². The van der Waals surface area contributed by atoms with Crippen LogP contribution in [0.15, 0.2) is 70.8 Å². The van der Waals surface area contributed by atoms with Crippen molar-refractivity contribution in [3.05, 3.63) is 71.9 Å². The number of amides is 1. The molecule has 0 spiro atoms. The Bertz CT molecular complexity index is 932. The molecule has 3 rings (SSSR count). The van der Waals surface area contributed by atoms with Crippen LogP contribution >= 0.6 is 0 Å². The van der Waals surface area contributed by atoms with Crippen molar-refractivity contribution in [2.24, 2.45) is 15.7 Å². The lowest BCUT2D eigenvalue weighted by atomic mass is 10.1. The second-order valence-corrected chi connectivity index (χ2v) is 5.32. The number of fused-ring (bicyclic) bond motifs is 1. The van der Waals surface area contributed by atoms with Crippen molar-refractivity contribution in [3.63, 3.8) is 0 Å². The first kappa shape index (κ1) is 16.3. The molecule has 0 aliphatic heterocycles. The number of benzene rings is 2. The molecule has 6 nitrogen and oxygen atoms in total. The fraction of sp³-hybridized carbons (Fsp3) is 0.0526. The fourth-order valence-corrected chi connectivity index (χ4v) is 2.34. The number of anilines is 1. The number of nitrogens with zero attached hydrogens (tertiary/aromatic N) is 3.